The van der Waals surface area contributed by atoms with Crippen molar-refractivity contribution in [3.63, 3.8) is 0 Å². The number of ether oxygens (including phenoxy) is 1. The number of hydrogen-bond acceptors (Lipinski definition) is 5. The Balaban J connectivity index is 2.06. The van der Waals surface area contributed by atoms with Crippen LogP contribution in [-0.2, 0) is 9.53 Å². The minimum absolute atomic E-state index is 0.123. The Bertz CT molecular complexity index is 694. The number of benzene rings is 1. The molecule has 0 N–H and O–H groups in total. The molecule has 0 saturated heterocycles. The molecule has 1 atom stereocenters. The van der Waals surface area contributed by atoms with Crippen molar-refractivity contribution in [3.8, 4) is 10.6 Å². The van der Waals surface area contributed by atoms with Crippen molar-refractivity contribution in [2.45, 2.75) is 13.8 Å². The molecule has 122 valence electrons. The molecule has 2 rings (SSSR count). The second kappa shape index (κ2) is 7.37. The molecule has 0 saturated carbocycles. The highest BCUT2D eigenvalue weighted by Gasteiger charge is 2.19. The molecule has 1 heterocycles. The lowest BCUT2D eigenvalue weighted by Crippen LogP contribution is -2.34. The van der Waals surface area contributed by atoms with Gasteiger partial charge in [-0.25, -0.2) is 4.98 Å². The van der Waals surface area contributed by atoms with Gasteiger partial charge in [0.25, 0.3) is 5.91 Å². The third kappa shape index (κ3) is 4.16. The molecule has 1 aromatic carbocycles. The Morgan fingerprint density at radius 1 is 1.30 bits per heavy atom. The monoisotopic (exact) mass is 332 g/mol. The molecule has 6 heteroatoms. The molecule has 1 amide bonds. The Morgan fingerprint density at radius 2 is 1.96 bits per heavy atom. The van der Waals surface area contributed by atoms with E-state index in [1.54, 1.807) is 37.4 Å². The predicted molar refractivity (Wildman–Crippen MR) is 90.4 cm³/mol. The van der Waals surface area contributed by atoms with Gasteiger partial charge in [0.15, 0.2) is 0 Å². The summed E-state index contributed by atoms with van der Waals surface area (Å²) in [5, 5.41) is 2.94. The van der Waals surface area contributed by atoms with Gasteiger partial charge in [-0.05, 0) is 19.1 Å². The number of rotatable bonds is 5. The largest absolute Gasteiger partial charge is 0.469 e. The van der Waals surface area contributed by atoms with E-state index in [0.717, 1.165) is 16.3 Å². The van der Waals surface area contributed by atoms with E-state index in [1.165, 1.54) is 12.0 Å². The fourth-order valence-electron chi connectivity index (χ4n) is 2.23. The van der Waals surface area contributed by atoms with Gasteiger partial charge in [0, 0.05) is 35.8 Å². The Hall–Kier alpha value is -2.21. The summed E-state index contributed by atoms with van der Waals surface area (Å²) in [7, 11) is 3.03. The van der Waals surface area contributed by atoms with Crippen LogP contribution in [0.1, 0.15) is 23.0 Å². The second-order valence-electron chi connectivity index (χ2n) is 5.48. The van der Waals surface area contributed by atoms with Gasteiger partial charge in [-0.2, -0.15) is 0 Å². The van der Waals surface area contributed by atoms with Crippen LogP contribution in [0.15, 0.2) is 29.6 Å². The van der Waals surface area contributed by atoms with Gasteiger partial charge in [-0.15, -0.1) is 11.3 Å². The first kappa shape index (κ1) is 17.1. The molecule has 2 aromatic rings. The maximum absolute atomic E-state index is 12.4. The van der Waals surface area contributed by atoms with Gasteiger partial charge in [-0.1, -0.05) is 19.1 Å². The summed E-state index contributed by atoms with van der Waals surface area (Å²) < 4.78 is 4.68. The zero-order valence-corrected chi connectivity index (χ0v) is 14.5. The van der Waals surface area contributed by atoms with Crippen LogP contribution < -0.4 is 0 Å². The third-order valence-electron chi connectivity index (χ3n) is 3.50. The van der Waals surface area contributed by atoms with E-state index in [9.17, 15) is 9.59 Å². The number of esters is 1. The van der Waals surface area contributed by atoms with Crippen LogP contribution in [0.5, 0.6) is 0 Å². The highest BCUT2D eigenvalue weighted by Crippen LogP contribution is 2.24. The quantitative estimate of drug-likeness (QED) is 0.790. The molecule has 0 aliphatic rings. The zero-order valence-electron chi connectivity index (χ0n) is 13.7. The van der Waals surface area contributed by atoms with Crippen molar-refractivity contribution in [1.29, 1.82) is 0 Å². The van der Waals surface area contributed by atoms with Crippen molar-refractivity contribution in [1.82, 2.24) is 9.88 Å². The Kier molecular flexibility index (Phi) is 5.50. The van der Waals surface area contributed by atoms with Crippen molar-refractivity contribution in [2.75, 3.05) is 20.7 Å². The van der Waals surface area contributed by atoms with E-state index in [-0.39, 0.29) is 17.8 Å². The zero-order chi connectivity index (χ0) is 17.0. The second-order valence-corrected chi connectivity index (χ2v) is 6.34. The molecule has 0 fully saturated rings. The molecule has 0 radical (unpaired) electrons. The van der Waals surface area contributed by atoms with Crippen LogP contribution in [0.3, 0.4) is 0 Å². The first-order valence-electron chi connectivity index (χ1n) is 7.28. The van der Waals surface area contributed by atoms with E-state index in [0.29, 0.717) is 12.1 Å². The molecular formula is C17H20N2O3S. The van der Waals surface area contributed by atoms with E-state index in [1.807, 2.05) is 24.4 Å². The number of carbonyl (C=O) groups excluding carboxylic acids is 2. The molecule has 23 heavy (non-hydrogen) atoms. The van der Waals surface area contributed by atoms with Gasteiger partial charge in [-0.3, -0.25) is 9.59 Å². The summed E-state index contributed by atoms with van der Waals surface area (Å²) in [6, 6.07) is 7.35. The maximum atomic E-state index is 12.4. The number of methoxy groups -OCH3 is 1. The summed E-state index contributed by atoms with van der Waals surface area (Å²) in [5.41, 5.74) is 2.56. The van der Waals surface area contributed by atoms with Crippen molar-refractivity contribution >= 4 is 23.2 Å². The summed E-state index contributed by atoms with van der Waals surface area (Å²) in [4.78, 5) is 29.8. The lowest BCUT2D eigenvalue weighted by Gasteiger charge is -2.20. The fraction of sp³-hybridized carbons (Fsp3) is 0.353. The number of amides is 1. The van der Waals surface area contributed by atoms with E-state index in [2.05, 4.69) is 9.72 Å². The predicted octanol–water partition coefficient (Wildman–Crippen LogP) is 3.00. The molecule has 0 unspecified atom stereocenters. The minimum atomic E-state index is -0.355. The molecule has 0 aliphatic carbocycles. The Morgan fingerprint density at radius 3 is 2.48 bits per heavy atom. The van der Waals surface area contributed by atoms with E-state index < -0.39 is 0 Å². The Labute approximate surface area is 139 Å². The summed E-state index contributed by atoms with van der Waals surface area (Å²) in [6.45, 7) is 4.01. The van der Waals surface area contributed by atoms with Crippen LogP contribution in [0, 0.1) is 12.8 Å². The van der Waals surface area contributed by atoms with Gasteiger partial charge in [0.2, 0.25) is 0 Å². The summed E-state index contributed by atoms with van der Waals surface area (Å²) in [6.07, 6.45) is 0. The number of thiazole rings is 1. The van der Waals surface area contributed by atoms with Crippen LogP contribution >= 0.6 is 11.3 Å². The molecule has 0 spiro atoms. The van der Waals surface area contributed by atoms with Crippen molar-refractivity contribution in [2.24, 2.45) is 5.92 Å². The molecule has 5 nitrogen and oxygen atoms in total. The smallest absolute Gasteiger partial charge is 0.310 e. The average Bonchev–Trinajstić information content (AvgIpc) is 2.99. The van der Waals surface area contributed by atoms with Crippen molar-refractivity contribution < 1.29 is 14.3 Å². The molecule has 0 bridgehead atoms. The minimum Gasteiger partial charge on any atom is -0.469 e. The lowest BCUT2D eigenvalue weighted by atomic mass is 10.1. The summed E-state index contributed by atoms with van der Waals surface area (Å²) in [5.74, 6) is -0.798. The third-order valence-corrected chi connectivity index (χ3v) is 4.50. The van der Waals surface area contributed by atoms with E-state index >= 15 is 0 Å². The average molecular weight is 332 g/mol. The number of aromatic nitrogens is 1. The van der Waals surface area contributed by atoms with Gasteiger partial charge in [0.05, 0.1) is 13.0 Å². The topological polar surface area (TPSA) is 59.5 Å². The van der Waals surface area contributed by atoms with Crippen LogP contribution in [0.4, 0.5) is 0 Å². The summed E-state index contributed by atoms with van der Waals surface area (Å²) >= 11 is 1.58. The molecule has 0 aliphatic heterocycles. The standard InChI is InChI=1S/C17H20N2O3S/c1-11(17(21)22-4)9-19(3)16(20)14-7-5-13(6-8-14)15-18-12(2)10-23-15/h5-8,10-11H,9H2,1-4H3/t11-/m1/s1. The highest BCUT2D eigenvalue weighted by atomic mass is 32.1. The van der Waals surface area contributed by atoms with Crippen LogP contribution in [0.25, 0.3) is 10.6 Å². The maximum Gasteiger partial charge on any atom is 0.310 e. The first-order chi connectivity index (χ1) is 10.9. The number of hydrogen-bond donors (Lipinski definition) is 0. The number of nitrogens with zero attached hydrogens (tertiary/aromatic N) is 2. The SMILES string of the molecule is COC(=O)[C@H](C)CN(C)C(=O)c1ccc(-c2nc(C)cs2)cc1. The van der Waals surface area contributed by atoms with E-state index in [4.69, 9.17) is 0 Å². The van der Waals surface area contributed by atoms with Gasteiger partial charge < -0.3 is 9.64 Å². The number of carbonyl (C=O) groups is 2. The molecule has 1 aromatic heterocycles. The first-order valence-corrected chi connectivity index (χ1v) is 8.16. The fourth-order valence-corrected chi connectivity index (χ4v) is 3.04. The normalized spacial score (nSPS) is 11.8. The lowest BCUT2D eigenvalue weighted by molar-refractivity contribution is -0.145. The van der Waals surface area contributed by atoms with Crippen LogP contribution in [0.2, 0.25) is 0 Å². The highest BCUT2D eigenvalue weighted by molar-refractivity contribution is 7.13. The molecular weight excluding hydrogens is 312 g/mol. The van der Waals surface area contributed by atoms with Gasteiger partial charge >= 0.3 is 5.97 Å². The van der Waals surface area contributed by atoms with Gasteiger partial charge in [0.1, 0.15) is 5.01 Å². The van der Waals surface area contributed by atoms with Crippen molar-refractivity contribution in [3.05, 3.63) is 40.9 Å². The number of aryl methyl sites for hydroxylation is 1. The van der Waals surface area contributed by atoms with Crippen LogP contribution in [-0.4, -0.2) is 42.5 Å².